The molecule has 4 fully saturated rings. The standard InChI is InChI=1S/C26H43N3O2S/c1-24(2,3)27-23(32)29(7)22(31)17-15-26(5)19-12-14-25(4)13-8-9-18(25)16(19)10-11-20(26)28(6)21(17)30/h16-20H,8-15H2,1-7H3,(H,27,32)/t16-,17?,18-,19-,20+,25-,26+/m0/s1. The van der Waals surface area contributed by atoms with Crippen LogP contribution in [-0.4, -0.2) is 52.4 Å². The van der Waals surface area contributed by atoms with Crippen molar-refractivity contribution in [3.8, 4) is 0 Å². The van der Waals surface area contributed by atoms with E-state index in [1.807, 2.05) is 32.7 Å². The Kier molecular flexibility index (Phi) is 5.96. The minimum Gasteiger partial charge on any atom is -0.358 e. The fraction of sp³-hybridized carbons (Fsp3) is 0.885. The van der Waals surface area contributed by atoms with Crippen LogP contribution in [0.5, 0.6) is 0 Å². The highest BCUT2D eigenvalue weighted by atomic mass is 32.1. The van der Waals surface area contributed by atoms with E-state index < -0.39 is 5.92 Å². The van der Waals surface area contributed by atoms with Crippen LogP contribution in [-0.2, 0) is 9.59 Å². The van der Waals surface area contributed by atoms with Crippen LogP contribution in [0.4, 0.5) is 0 Å². The van der Waals surface area contributed by atoms with Gasteiger partial charge in [0, 0.05) is 25.7 Å². The number of amides is 2. The average Bonchev–Trinajstić information content (AvgIpc) is 3.10. The van der Waals surface area contributed by atoms with Crippen LogP contribution < -0.4 is 5.32 Å². The summed E-state index contributed by atoms with van der Waals surface area (Å²) in [5.41, 5.74) is 0.277. The molecule has 3 saturated carbocycles. The molecule has 2 amide bonds. The summed E-state index contributed by atoms with van der Waals surface area (Å²) in [6.45, 7) is 11.0. The molecule has 1 heterocycles. The van der Waals surface area contributed by atoms with Crippen molar-refractivity contribution in [2.24, 2.45) is 34.5 Å². The highest BCUT2D eigenvalue weighted by Crippen LogP contribution is 2.65. The summed E-state index contributed by atoms with van der Waals surface area (Å²) in [4.78, 5) is 30.4. The molecule has 1 unspecified atom stereocenters. The number of carbonyl (C=O) groups excluding carboxylic acids is 2. The zero-order valence-electron chi connectivity index (χ0n) is 21.2. The third-order valence-corrected chi connectivity index (χ3v) is 10.1. The molecule has 0 aromatic rings. The van der Waals surface area contributed by atoms with E-state index >= 15 is 0 Å². The SMILES string of the molecule is CN(C(=O)C1C[C@]2(C)[C@H]3CC[C@]4(C)CCC[C@H]4[C@@H]3CC[C@H]2N(C)C1=O)C(=S)NC(C)(C)C. The van der Waals surface area contributed by atoms with Crippen LogP contribution in [0.25, 0.3) is 0 Å². The summed E-state index contributed by atoms with van der Waals surface area (Å²) in [6.07, 6.45) is 9.63. The van der Waals surface area contributed by atoms with Gasteiger partial charge in [0.05, 0.1) is 0 Å². The molecule has 4 rings (SSSR count). The van der Waals surface area contributed by atoms with Crippen molar-refractivity contribution in [1.82, 2.24) is 15.1 Å². The molecule has 5 nitrogen and oxygen atoms in total. The van der Waals surface area contributed by atoms with Crippen molar-refractivity contribution < 1.29 is 9.59 Å². The summed E-state index contributed by atoms with van der Waals surface area (Å²) >= 11 is 5.51. The topological polar surface area (TPSA) is 52.7 Å². The maximum Gasteiger partial charge on any atom is 0.241 e. The fourth-order valence-corrected chi connectivity index (χ4v) is 8.61. The Hall–Kier alpha value is -1.17. The number of rotatable bonds is 1. The number of nitrogens with one attached hydrogen (secondary N) is 1. The van der Waals surface area contributed by atoms with E-state index in [1.165, 1.54) is 43.4 Å². The van der Waals surface area contributed by atoms with Gasteiger partial charge in [-0.1, -0.05) is 20.3 Å². The van der Waals surface area contributed by atoms with Crippen molar-refractivity contribution in [2.45, 2.75) is 97.6 Å². The molecule has 0 aromatic carbocycles. The van der Waals surface area contributed by atoms with Gasteiger partial charge in [-0.2, -0.15) is 0 Å². The van der Waals surface area contributed by atoms with E-state index in [1.54, 1.807) is 7.05 Å². The highest BCUT2D eigenvalue weighted by Gasteiger charge is 2.61. The van der Waals surface area contributed by atoms with E-state index in [4.69, 9.17) is 12.2 Å². The monoisotopic (exact) mass is 461 g/mol. The quantitative estimate of drug-likeness (QED) is 0.458. The Balaban J connectivity index is 1.59. The number of thiocarbonyl (C=S) groups is 1. The van der Waals surface area contributed by atoms with Gasteiger partial charge in [-0.3, -0.25) is 14.5 Å². The van der Waals surface area contributed by atoms with Crippen molar-refractivity contribution in [3.63, 3.8) is 0 Å². The predicted octanol–water partition coefficient (Wildman–Crippen LogP) is 4.60. The zero-order chi connectivity index (χ0) is 23.6. The molecule has 180 valence electrons. The van der Waals surface area contributed by atoms with Crippen molar-refractivity contribution in [2.75, 3.05) is 14.1 Å². The van der Waals surface area contributed by atoms with Gasteiger partial charge in [-0.25, -0.2) is 0 Å². The first-order valence-corrected chi connectivity index (χ1v) is 13.1. The first-order valence-electron chi connectivity index (χ1n) is 12.6. The second kappa shape index (κ2) is 7.95. The molecule has 1 N–H and O–H groups in total. The van der Waals surface area contributed by atoms with E-state index in [0.29, 0.717) is 22.9 Å². The molecular weight excluding hydrogens is 418 g/mol. The van der Waals surface area contributed by atoms with Gasteiger partial charge in [-0.05, 0) is 107 Å². The Bertz CT molecular complexity index is 807. The number of piperidine rings is 1. The summed E-state index contributed by atoms with van der Waals surface area (Å²) in [5, 5.41) is 3.61. The maximum absolute atomic E-state index is 13.5. The van der Waals surface area contributed by atoms with Crippen LogP contribution in [0.15, 0.2) is 0 Å². The Morgan fingerprint density at radius 3 is 2.47 bits per heavy atom. The van der Waals surface area contributed by atoms with Crippen molar-refractivity contribution >= 4 is 29.1 Å². The lowest BCUT2D eigenvalue weighted by molar-refractivity contribution is -0.171. The lowest BCUT2D eigenvalue weighted by Gasteiger charge is -2.62. The largest absolute Gasteiger partial charge is 0.358 e. The van der Waals surface area contributed by atoms with Crippen LogP contribution in [0.3, 0.4) is 0 Å². The number of likely N-dealkylation sites (tertiary alicyclic amines) is 1. The molecule has 6 heteroatoms. The van der Waals surface area contributed by atoms with Gasteiger partial charge in [0.1, 0.15) is 5.92 Å². The predicted molar refractivity (Wildman–Crippen MR) is 132 cm³/mol. The van der Waals surface area contributed by atoms with Gasteiger partial charge < -0.3 is 10.2 Å². The summed E-state index contributed by atoms with van der Waals surface area (Å²) < 4.78 is 0. The van der Waals surface area contributed by atoms with E-state index in [9.17, 15) is 9.59 Å². The third kappa shape index (κ3) is 3.78. The van der Waals surface area contributed by atoms with Crippen LogP contribution >= 0.6 is 12.2 Å². The molecule has 0 aromatic heterocycles. The smallest absolute Gasteiger partial charge is 0.241 e. The molecule has 1 saturated heterocycles. The highest BCUT2D eigenvalue weighted by molar-refractivity contribution is 7.80. The zero-order valence-corrected chi connectivity index (χ0v) is 22.0. The van der Waals surface area contributed by atoms with Crippen molar-refractivity contribution in [3.05, 3.63) is 0 Å². The summed E-state index contributed by atoms with van der Waals surface area (Å²) in [6, 6.07) is 0.246. The molecule has 1 aliphatic heterocycles. The normalized spacial score (nSPS) is 41.4. The van der Waals surface area contributed by atoms with Gasteiger partial charge in [0.2, 0.25) is 11.8 Å². The number of nitrogens with zero attached hydrogens (tertiary/aromatic N) is 2. The van der Waals surface area contributed by atoms with E-state index in [0.717, 1.165) is 18.3 Å². The number of hydrogen-bond donors (Lipinski definition) is 1. The summed E-state index contributed by atoms with van der Waals surface area (Å²) in [5.74, 6) is 1.35. The molecule has 3 aliphatic carbocycles. The first kappa shape index (κ1) is 24.0. The minimum atomic E-state index is -0.637. The van der Waals surface area contributed by atoms with E-state index in [-0.39, 0.29) is 28.8 Å². The van der Waals surface area contributed by atoms with Gasteiger partial charge in [0.25, 0.3) is 0 Å². The van der Waals surface area contributed by atoms with Crippen LogP contribution in [0.1, 0.15) is 86.0 Å². The lowest BCUT2D eigenvalue weighted by Crippen LogP contribution is -2.65. The Labute approximate surface area is 200 Å². The molecule has 4 aliphatic rings. The maximum atomic E-state index is 13.5. The second-order valence-corrected chi connectivity index (χ2v) is 13.2. The second-order valence-electron chi connectivity index (χ2n) is 12.8. The molecular formula is C26H43N3O2S. The molecule has 0 radical (unpaired) electrons. The summed E-state index contributed by atoms with van der Waals surface area (Å²) in [7, 11) is 3.64. The van der Waals surface area contributed by atoms with Crippen LogP contribution in [0, 0.1) is 34.5 Å². The molecule has 0 spiro atoms. The molecule has 0 bridgehead atoms. The first-order chi connectivity index (χ1) is 14.8. The lowest BCUT2D eigenvalue weighted by atomic mass is 9.47. The van der Waals surface area contributed by atoms with E-state index in [2.05, 4.69) is 19.2 Å². The van der Waals surface area contributed by atoms with Gasteiger partial charge >= 0.3 is 0 Å². The Morgan fingerprint density at radius 2 is 1.81 bits per heavy atom. The number of hydrogen-bond acceptors (Lipinski definition) is 3. The number of fused-ring (bicyclic) bond motifs is 5. The van der Waals surface area contributed by atoms with Gasteiger partial charge in [-0.15, -0.1) is 0 Å². The van der Waals surface area contributed by atoms with Crippen LogP contribution in [0.2, 0.25) is 0 Å². The Morgan fingerprint density at radius 1 is 1.12 bits per heavy atom. The molecule has 32 heavy (non-hydrogen) atoms. The number of carbonyl (C=O) groups is 2. The van der Waals surface area contributed by atoms with Crippen molar-refractivity contribution in [1.29, 1.82) is 0 Å². The third-order valence-electron chi connectivity index (χ3n) is 9.77. The fourth-order valence-electron chi connectivity index (χ4n) is 8.21. The molecule has 7 atom stereocenters. The minimum absolute atomic E-state index is 0.00423. The van der Waals surface area contributed by atoms with Gasteiger partial charge in [0.15, 0.2) is 5.11 Å². The average molecular weight is 462 g/mol.